The van der Waals surface area contributed by atoms with Crippen molar-refractivity contribution in [2.24, 2.45) is 0 Å². The molecule has 1 aromatic rings. The molecule has 7 heteroatoms. The van der Waals surface area contributed by atoms with Gasteiger partial charge >= 0.3 is 5.97 Å². The Morgan fingerprint density at radius 2 is 2.05 bits per heavy atom. The Labute approximate surface area is 131 Å². The second-order valence-corrected chi connectivity index (χ2v) is 6.33. The second kappa shape index (κ2) is 5.87. The van der Waals surface area contributed by atoms with E-state index < -0.39 is 18.4 Å². The van der Waals surface area contributed by atoms with Crippen LogP contribution in [0.3, 0.4) is 0 Å². The topological polar surface area (TPSA) is 77.8 Å². The minimum Gasteiger partial charge on any atom is -0.508 e. The van der Waals surface area contributed by atoms with Gasteiger partial charge in [-0.05, 0) is 48.7 Å². The van der Waals surface area contributed by atoms with Gasteiger partial charge in [-0.2, -0.15) is 0 Å². The number of hydrogen-bond acceptors (Lipinski definition) is 5. The van der Waals surface area contributed by atoms with E-state index in [9.17, 15) is 14.7 Å². The molecular weight excluding hydrogens is 310 g/mol. The number of carboxylic acid groups (broad SMARTS) is 1. The molecule has 1 aliphatic rings. The summed E-state index contributed by atoms with van der Waals surface area (Å²) in [4.78, 5) is 24.3. The number of amides is 1. The maximum absolute atomic E-state index is 12.2. The number of thiocarbonyl (C=S) groups is 1. The summed E-state index contributed by atoms with van der Waals surface area (Å²) in [5, 5.41) is 18.4. The van der Waals surface area contributed by atoms with Crippen LogP contribution in [0.1, 0.15) is 16.7 Å². The predicted molar refractivity (Wildman–Crippen MR) is 85.1 cm³/mol. The van der Waals surface area contributed by atoms with Crippen molar-refractivity contribution < 1.29 is 19.8 Å². The normalized spacial score (nSPS) is 16.9. The standard InChI is InChI=1S/C14H13NO4S2/c1-7-4-10(16)8(2)3-9(7)5-11-13(19)15(6-12(17)18)14(20)21-11/h3-5,16H,6H2,1-2H3,(H,17,18). The molecule has 2 N–H and O–H groups in total. The molecule has 1 aliphatic heterocycles. The van der Waals surface area contributed by atoms with Crippen molar-refractivity contribution in [3.05, 3.63) is 33.7 Å². The highest BCUT2D eigenvalue weighted by atomic mass is 32.2. The fourth-order valence-corrected chi connectivity index (χ4v) is 3.14. The molecule has 0 unspecified atom stereocenters. The van der Waals surface area contributed by atoms with Crippen molar-refractivity contribution in [1.29, 1.82) is 0 Å². The summed E-state index contributed by atoms with van der Waals surface area (Å²) in [6.07, 6.45) is 1.67. The Morgan fingerprint density at radius 1 is 1.38 bits per heavy atom. The largest absolute Gasteiger partial charge is 0.508 e. The van der Waals surface area contributed by atoms with E-state index in [1.54, 1.807) is 25.1 Å². The quantitative estimate of drug-likeness (QED) is 0.656. The van der Waals surface area contributed by atoms with Crippen LogP contribution in [-0.2, 0) is 9.59 Å². The fourth-order valence-electron chi connectivity index (χ4n) is 1.89. The smallest absolute Gasteiger partial charge is 0.323 e. The first-order valence-electron chi connectivity index (χ1n) is 6.07. The molecule has 2 rings (SSSR count). The van der Waals surface area contributed by atoms with Crippen LogP contribution in [-0.4, -0.2) is 37.9 Å². The number of thioether (sulfide) groups is 1. The molecule has 1 fully saturated rings. The lowest BCUT2D eigenvalue weighted by Crippen LogP contribution is -2.33. The maximum Gasteiger partial charge on any atom is 0.323 e. The summed E-state index contributed by atoms with van der Waals surface area (Å²) in [6, 6.07) is 3.40. The van der Waals surface area contributed by atoms with Gasteiger partial charge in [0, 0.05) is 0 Å². The fraction of sp³-hybridized carbons (Fsp3) is 0.214. The van der Waals surface area contributed by atoms with E-state index in [1.807, 2.05) is 6.92 Å². The van der Waals surface area contributed by atoms with E-state index in [1.165, 1.54) is 0 Å². The van der Waals surface area contributed by atoms with Crippen molar-refractivity contribution in [3.8, 4) is 5.75 Å². The SMILES string of the molecule is Cc1cc(C=C2SC(=S)N(CC(=O)O)C2=O)c(C)cc1O. The van der Waals surface area contributed by atoms with Crippen LogP contribution in [0.25, 0.3) is 6.08 Å². The molecule has 110 valence electrons. The van der Waals surface area contributed by atoms with Crippen LogP contribution in [0.4, 0.5) is 0 Å². The third kappa shape index (κ3) is 3.25. The summed E-state index contributed by atoms with van der Waals surface area (Å²) in [5.74, 6) is -1.31. The molecule has 0 spiro atoms. The van der Waals surface area contributed by atoms with E-state index in [4.69, 9.17) is 17.3 Å². The number of nitrogens with zero attached hydrogens (tertiary/aromatic N) is 1. The van der Waals surface area contributed by atoms with Crippen LogP contribution in [0.15, 0.2) is 17.0 Å². The van der Waals surface area contributed by atoms with Gasteiger partial charge in [0.15, 0.2) is 0 Å². The van der Waals surface area contributed by atoms with Crippen LogP contribution in [0.2, 0.25) is 0 Å². The molecule has 1 aromatic carbocycles. The van der Waals surface area contributed by atoms with Crippen LogP contribution < -0.4 is 0 Å². The Hall–Kier alpha value is -1.86. The number of hydrogen-bond donors (Lipinski definition) is 2. The monoisotopic (exact) mass is 323 g/mol. The van der Waals surface area contributed by atoms with Crippen LogP contribution >= 0.6 is 24.0 Å². The van der Waals surface area contributed by atoms with Crippen LogP contribution in [0, 0.1) is 13.8 Å². The van der Waals surface area contributed by atoms with Gasteiger partial charge in [-0.3, -0.25) is 14.5 Å². The Balaban J connectivity index is 2.35. The molecule has 0 radical (unpaired) electrons. The van der Waals surface area contributed by atoms with E-state index in [-0.39, 0.29) is 10.1 Å². The second-order valence-electron chi connectivity index (χ2n) is 4.66. The van der Waals surface area contributed by atoms with E-state index in [0.717, 1.165) is 27.8 Å². The van der Waals surface area contributed by atoms with Gasteiger partial charge in [0.2, 0.25) is 0 Å². The zero-order chi connectivity index (χ0) is 15.7. The van der Waals surface area contributed by atoms with E-state index in [0.29, 0.717) is 10.5 Å². The highest BCUT2D eigenvalue weighted by Gasteiger charge is 2.33. The van der Waals surface area contributed by atoms with Crippen molar-refractivity contribution >= 4 is 46.3 Å². The summed E-state index contributed by atoms with van der Waals surface area (Å²) in [6.45, 7) is 3.15. The summed E-state index contributed by atoms with van der Waals surface area (Å²) in [5.41, 5.74) is 2.32. The first-order valence-corrected chi connectivity index (χ1v) is 7.29. The highest BCUT2D eigenvalue weighted by Crippen LogP contribution is 2.33. The number of benzene rings is 1. The molecule has 1 saturated heterocycles. The predicted octanol–water partition coefficient (Wildman–Crippen LogP) is 2.29. The lowest BCUT2D eigenvalue weighted by Gasteiger charge is -2.10. The number of aryl methyl sites for hydroxylation is 2. The molecule has 1 heterocycles. The van der Waals surface area contributed by atoms with Gasteiger partial charge < -0.3 is 10.2 Å². The number of aliphatic carboxylic acids is 1. The number of carbonyl (C=O) groups is 2. The zero-order valence-corrected chi connectivity index (χ0v) is 13.0. The van der Waals surface area contributed by atoms with Gasteiger partial charge in [0.1, 0.15) is 16.6 Å². The van der Waals surface area contributed by atoms with Gasteiger partial charge in [-0.1, -0.05) is 24.0 Å². The molecule has 0 saturated carbocycles. The van der Waals surface area contributed by atoms with Gasteiger partial charge in [-0.15, -0.1) is 0 Å². The Kier molecular flexibility index (Phi) is 4.34. The molecule has 21 heavy (non-hydrogen) atoms. The van der Waals surface area contributed by atoms with Crippen molar-refractivity contribution in [2.75, 3.05) is 6.54 Å². The Bertz CT molecular complexity index is 682. The maximum atomic E-state index is 12.2. The summed E-state index contributed by atoms with van der Waals surface area (Å²) < 4.78 is 0.238. The number of phenols is 1. The molecule has 1 amide bonds. The van der Waals surface area contributed by atoms with Gasteiger partial charge in [-0.25, -0.2) is 0 Å². The van der Waals surface area contributed by atoms with Crippen molar-refractivity contribution in [3.63, 3.8) is 0 Å². The average molecular weight is 323 g/mol. The average Bonchev–Trinajstić information content (AvgIpc) is 2.63. The highest BCUT2D eigenvalue weighted by molar-refractivity contribution is 8.26. The minimum absolute atomic E-state index is 0.197. The van der Waals surface area contributed by atoms with E-state index >= 15 is 0 Å². The number of carbonyl (C=O) groups excluding carboxylic acids is 1. The third-order valence-corrected chi connectivity index (χ3v) is 4.42. The molecule has 0 atom stereocenters. The molecular formula is C14H13NO4S2. The molecule has 0 aromatic heterocycles. The number of aromatic hydroxyl groups is 1. The molecule has 5 nitrogen and oxygen atoms in total. The van der Waals surface area contributed by atoms with Gasteiger partial charge in [0.25, 0.3) is 5.91 Å². The molecule has 0 bridgehead atoms. The zero-order valence-electron chi connectivity index (χ0n) is 11.4. The summed E-state index contributed by atoms with van der Waals surface area (Å²) >= 11 is 6.11. The lowest BCUT2D eigenvalue weighted by atomic mass is 10.0. The minimum atomic E-state index is -1.11. The number of phenolic OH excluding ortho intramolecular Hbond substituents is 1. The Morgan fingerprint density at radius 3 is 2.67 bits per heavy atom. The third-order valence-electron chi connectivity index (χ3n) is 3.04. The lowest BCUT2D eigenvalue weighted by molar-refractivity contribution is -0.140. The molecule has 0 aliphatic carbocycles. The first-order chi connectivity index (χ1) is 9.79. The van der Waals surface area contributed by atoms with Crippen molar-refractivity contribution in [1.82, 2.24) is 4.90 Å². The van der Waals surface area contributed by atoms with Gasteiger partial charge in [0.05, 0.1) is 4.91 Å². The van der Waals surface area contributed by atoms with E-state index in [2.05, 4.69) is 0 Å². The first kappa shape index (κ1) is 15.5. The summed E-state index contributed by atoms with van der Waals surface area (Å²) in [7, 11) is 0. The van der Waals surface area contributed by atoms with Crippen molar-refractivity contribution in [2.45, 2.75) is 13.8 Å². The number of carboxylic acids is 1. The van der Waals surface area contributed by atoms with Crippen LogP contribution in [0.5, 0.6) is 5.75 Å². The number of rotatable bonds is 3.